The Hall–Kier alpha value is -6.09. The molecule has 3 aromatic carbocycles. The molecule has 4 heterocycles. The van der Waals surface area contributed by atoms with Gasteiger partial charge in [0, 0.05) is 36.3 Å². The highest BCUT2D eigenvalue weighted by molar-refractivity contribution is 7.90. The number of aliphatic hydroxyl groups excluding tert-OH is 3. The lowest BCUT2D eigenvalue weighted by atomic mass is 9.97. The number of sulfone groups is 1. The fourth-order valence-electron chi connectivity index (χ4n) is 7.99. The van der Waals surface area contributed by atoms with E-state index in [1.54, 1.807) is 9.80 Å². The summed E-state index contributed by atoms with van der Waals surface area (Å²) in [6.45, 7) is 9.68. The number of nitrogens with zero attached hydrogens (tertiary/aromatic N) is 6. The maximum atomic E-state index is 13.0. The molecule has 0 unspecified atom stereocenters. The van der Waals surface area contributed by atoms with Crippen molar-refractivity contribution in [2.45, 2.75) is 101 Å². The summed E-state index contributed by atoms with van der Waals surface area (Å²) in [5, 5.41) is 36.9. The Morgan fingerprint density at radius 2 is 1.10 bits per heavy atom. The number of urea groups is 2. The highest BCUT2D eigenvalue weighted by Gasteiger charge is 2.44. The van der Waals surface area contributed by atoms with Crippen LogP contribution in [0.4, 0.5) is 15.5 Å². The Labute approximate surface area is 411 Å². The van der Waals surface area contributed by atoms with Gasteiger partial charge in [0.15, 0.2) is 0 Å². The van der Waals surface area contributed by atoms with E-state index >= 15 is 0 Å². The average molecular weight is 980 g/mol. The largest absolute Gasteiger partial charge is 0.394 e. The molecule has 5 aromatic rings. The first kappa shape index (κ1) is 53.3. The summed E-state index contributed by atoms with van der Waals surface area (Å²) in [6.07, 6.45) is 9.65. The number of anilines is 1. The van der Waals surface area contributed by atoms with Gasteiger partial charge in [-0.1, -0.05) is 91.0 Å². The summed E-state index contributed by atoms with van der Waals surface area (Å²) in [5.74, 6) is 2.28. The molecule has 4 amide bonds. The maximum Gasteiger partial charge on any atom is 0.319 e. The number of fused-ring (bicyclic) bond motifs is 2. The van der Waals surface area contributed by atoms with E-state index in [-0.39, 0.29) is 49.6 Å². The molecule has 0 bridgehead atoms. The van der Waals surface area contributed by atoms with Crippen LogP contribution in [0.2, 0.25) is 0 Å². The first-order valence-corrected chi connectivity index (χ1v) is 25.6. The van der Waals surface area contributed by atoms with Gasteiger partial charge in [-0.05, 0) is 88.4 Å². The number of nitrogens with two attached hydrogens (primary N) is 2. The monoisotopic (exact) mass is 980 g/mol. The van der Waals surface area contributed by atoms with Crippen molar-refractivity contribution < 1.29 is 33.3 Å². The minimum Gasteiger partial charge on any atom is -0.394 e. The van der Waals surface area contributed by atoms with E-state index in [9.17, 15) is 28.2 Å². The lowest BCUT2D eigenvalue weighted by Gasteiger charge is -2.33. The van der Waals surface area contributed by atoms with Gasteiger partial charge in [0.2, 0.25) is 20.9 Å². The summed E-state index contributed by atoms with van der Waals surface area (Å²) < 4.78 is 23.4. The van der Waals surface area contributed by atoms with E-state index in [2.05, 4.69) is 35.9 Å². The first-order valence-electron chi connectivity index (χ1n) is 23.7. The van der Waals surface area contributed by atoms with Gasteiger partial charge in [0.25, 0.3) is 0 Å². The van der Waals surface area contributed by atoms with Crippen molar-refractivity contribution >= 4 is 27.8 Å². The predicted molar refractivity (Wildman–Crippen MR) is 267 cm³/mol. The molecular formula is C51H69N11O7S. The van der Waals surface area contributed by atoms with Crippen LogP contribution in [-0.4, -0.2) is 105 Å². The molecule has 18 nitrogen and oxygen atoms in total. The van der Waals surface area contributed by atoms with Crippen LogP contribution in [0, 0.1) is 11.8 Å². The van der Waals surface area contributed by atoms with Crippen LogP contribution < -0.4 is 27.4 Å². The molecule has 10 N–H and O–H groups in total. The van der Waals surface area contributed by atoms with Crippen LogP contribution in [-0.2, 0) is 34.0 Å². The Kier molecular flexibility index (Phi) is 18.0. The lowest BCUT2D eigenvalue weighted by Crippen LogP contribution is -2.47. The number of aromatic nitrogens is 4. The molecule has 4 aliphatic rings. The third kappa shape index (κ3) is 13.8. The summed E-state index contributed by atoms with van der Waals surface area (Å²) in [6, 6.07) is 26.4. The number of carbonyl (C=O) groups is 2. The van der Waals surface area contributed by atoms with Gasteiger partial charge in [0.05, 0.1) is 73.5 Å². The predicted octanol–water partition coefficient (Wildman–Crippen LogP) is 5.20. The van der Waals surface area contributed by atoms with Gasteiger partial charge in [-0.2, -0.15) is 0 Å². The smallest absolute Gasteiger partial charge is 0.319 e. The Bertz CT molecular complexity index is 2600. The molecule has 2 aromatic heterocycles. The van der Waals surface area contributed by atoms with Crippen LogP contribution >= 0.6 is 0 Å². The summed E-state index contributed by atoms with van der Waals surface area (Å²) >= 11 is 0. The van der Waals surface area contributed by atoms with Crippen LogP contribution in [0.25, 0.3) is 0 Å². The summed E-state index contributed by atoms with van der Waals surface area (Å²) in [4.78, 5) is 46.4. The maximum absolute atomic E-state index is 13.0. The van der Waals surface area contributed by atoms with Crippen LogP contribution in [0.1, 0.15) is 111 Å². The average Bonchev–Trinajstić information content (AvgIpc) is 4.32. The Morgan fingerprint density at radius 1 is 0.671 bits per heavy atom. The lowest BCUT2D eigenvalue weighted by molar-refractivity contribution is 0.135. The van der Waals surface area contributed by atoms with E-state index in [0.29, 0.717) is 23.8 Å². The van der Waals surface area contributed by atoms with Crippen molar-refractivity contribution in [1.82, 2.24) is 40.4 Å². The molecule has 2 aliphatic heterocycles. The van der Waals surface area contributed by atoms with Crippen molar-refractivity contribution in [3.63, 3.8) is 0 Å². The summed E-state index contributed by atoms with van der Waals surface area (Å²) in [7, 11) is -3.53. The topological polar surface area (TPSA) is 275 Å². The van der Waals surface area contributed by atoms with Crippen molar-refractivity contribution in [2.75, 3.05) is 44.5 Å². The van der Waals surface area contributed by atoms with Gasteiger partial charge in [-0.3, -0.25) is 0 Å². The second-order valence-electron chi connectivity index (χ2n) is 19.0. The number of amides is 4. The van der Waals surface area contributed by atoms with Crippen molar-refractivity contribution in [1.29, 1.82) is 0 Å². The number of nitrogens with one attached hydrogen (secondary N) is 3. The van der Waals surface area contributed by atoms with E-state index in [4.69, 9.17) is 16.6 Å². The standard InChI is InChI=1S/C21H27N5O2.C18H22N4O4S.C8H11NO.C4H9N/c1-21(2)16-11-23-19(22-10-14-8-9-14)24-17(16)12-26(21)20(28)25-18(13-27)15-6-4-3-5-7-15;1-18(2)13-9-19-16(27(3,25)26)20-14(13)10-22(18)17(24)21-15(11-23)12-7-5-4-6-8-12;9-8(6-10)7-4-2-1-3-5-7;5-3-4-1-2-4/h3-7,11,14,18,27H,8-10,12-13H2,1-2H3,(H,25,28)(H,22,23,24);4-9,15,23H,10-11H2,1-3H3,(H,21,24);1-5,8,10H,6,9H2;4H,1-3,5H2/t18-;15-;8-;/m111./s1. The number of benzene rings is 3. The zero-order valence-electron chi connectivity index (χ0n) is 40.7. The highest BCUT2D eigenvalue weighted by atomic mass is 32.2. The Morgan fingerprint density at radius 3 is 1.49 bits per heavy atom. The number of hydrogen-bond donors (Lipinski definition) is 8. The molecule has 70 heavy (non-hydrogen) atoms. The van der Waals surface area contributed by atoms with Crippen molar-refractivity contribution in [3.8, 4) is 0 Å². The van der Waals surface area contributed by atoms with Gasteiger partial charge < -0.3 is 52.5 Å². The van der Waals surface area contributed by atoms with Crippen LogP contribution in [0.5, 0.6) is 0 Å². The molecular weight excluding hydrogens is 911 g/mol. The van der Waals surface area contributed by atoms with Gasteiger partial charge in [-0.25, -0.2) is 37.9 Å². The van der Waals surface area contributed by atoms with E-state index in [1.165, 1.54) is 31.9 Å². The first-order chi connectivity index (χ1) is 33.4. The number of rotatable bonds is 13. The number of aliphatic hydroxyl groups is 3. The molecule has 9 rings (SSSR count). The zero-order chi connectivity index (χ0) is 50.6. The van der Waals surface area contributed by atoms with E-state index < -0.39 is 33.0 Å². The Balaban J connectivity index is 0.000000177. The van der Waals surface area contributed by atoms with Gasteiger partial charge in [0.1, 0.15) is 0 Å². The third-order valence-electron chi connectivity index (χ3n) is 12.9. The number of hydrogen-bond acceptors (Lipinski definition) is 14. The van der Waals surface area contributed by atoms with Crippen molar-refractivity contribution in [3.05, 3.63) is 143 Å². The minimum atomic E-state index is -3.53. The number of carbonyl (C=O) groups excluding carboxylic acids is 2. The molecule has 0 spiro atoms. The van der Waals surface area contributed by atoms with E-state index in [0.717, 1.165) is 59.1 Å². The molecule has 3 atom stereocenters. The fourth-order valence-corrected chi connectivity index (χ4v) is 8.51. The molecule has 0 saturated heterocycles. The molecule has 0 radical (unpaired) electrons. The SMILES string of the molecule is CC1(C)c2cnc(NCC3CC3)nc2CN1C(=O)N[C@H](CO)c1ccccc1.CC1(C)c2cnc(S(C)(=O)=O)nc2CN1C(=O)N[C@H](CO)c1ccccc1.NCC1CC1.N[C@H](CO)c1ccccc1. The summed E-state index contributed by atoms with van der Waals surface area (Å²) in [5.41, 5.74) is 15.2. The molecule has 2 saturated carbocycles. The zero-order valence-corrected chi connectivity index (χ0v) is 41.5. The fraction of sp³-hybridized carbons (Fsp3) is 0.451. The molecule has 2 aliphatic carbocycles. The highest BCUT2D eigenvalue weighted by Crippen LogP contribution is 2.39. The van der Waals surface area contributed by atoms with Gasteiger partial charge >= 0.3 is 12.1 Å². The molecule has 376 valence electrons. The molecule has 19 heteroatoms. The van der Waals surface area contributed by atoms with Crippen LogP contribution in [0.3, 0.4) is 0 Å². The second kappa shape index (κ2) is 23.7. The van der Waals surface area contributed by atoms with Crippen molar-refractivity contribution in [2.24, 2.45) is 23.3 Å². The molecule has 2 fully saturated rings. The van der Waals surface area contributed by atoms with Gasteiger partial charge in [-0.15, -0.1) is 0 Å². The third-order valence-corrected chi connectivity index (χ3v) is 13.7. The normalized spacial score (nSPS) is 17.3. The van der Waals surface area contributed by atoms with E-state index in [1.807, 2.05) is 125 Å². The van der Waals surface area contributed by atoms with Crippen LogP contribution in [0.15, 0.2) is 109 Å². The quantitative estimate of drug-likeness (QED) is 0.0705. The second-order valence-corrected chi connectivity index (χ2v) is 20.9. The minimum absolute atomic E-state index is 0.00398.